The van der Waals surface area contributed by atoms with E-state index in [0.717, 1.165) is 0 Å². The second-order valence-corrected chi connectivity index (χ2v) is 3.92. The zero-order valence-electron chi connectivity index (χ0n) is 11.1. The Balaban J connectivity index is 0.000000442. The second-order valence-electron chi connectivity index (χ2n) is 3.92. The quantitative estimate of drug-likeness (QED) is 0.616. The van der Waals surface area contributed by atoms with Crippen molar-refractivity contribution in [3.63, 3.8) is 0 Å². The summed E-state index contributed by atoms with van der Waals surface area (Å²) in [6.45, 7) is 12.6. The second kappa shape index (κ2) is 6.60. The molecule has 0 unspecified atom stereocenters. The number of hydrogen-bond donors (Lipinski definition) is 0. The van der Waals surface area contributed by atoms with Gasteiger partial charge < -0.3 is 0 Å². The predicted octanol–water partition coefficient (Wildman–Crippen LogP) is 4.36. The fourth-order valence-electron chi connectivity index (χ4n) is 1.83. The highest BCUT2D eigenvalue weighted by Gasteiger charge is 2.29. The molecule has 0 saturated heterocycles. The van der Waals surface area contributed by atoms with E-state index in [1.165, 1.54) is 24.0 Å². The molecule has 1 aliphatic carbocycles. The lowest BCUT2D eigenvalue weighted by molar-refractivity contribution is 0.521. The van der Waals surface area contributed by atoms with Crippen LogP contribution in [0.2, 0.25) is 0 Å². The minimum absolute atomic E-state index is 0.365. The molecule has 1 aliphatic rings. The van der Waals surface area contributed by atoms with Crippen LogP contribution in [0.25, 0.3) is 0 Å². The van der Waals surface area contributed by atoms with Gasteiger partial charge in [0.15, 0.2) is 0 Å². The van der Waals surface area contributed by atoms with Crippen LogP contribution in [0.5, 0.6) is 0 Å². The highest BCUT2D eigenvalue weighted by atomic mass is 14.6. The van der Waals surface area contributed by atoms with Gasteiger partial charge >= 0.3 is 0 Å². The molecule has 0 bridgehead atoms. The van der Waals surface area contributed by atoms with Gasteiger partial charge in [-0.1, -0.05) is 41.5 Å². The van der Waals surface area contributed by atoms with Crippen LogP contribution in [0, 0.1) is 0 Å². The summed E-state index contributed by atoms with van der Waals surface area (Å²) in [6.07, 6.45) is 6.40. The Morgan fingerprint density at radius 1 is 1.13 bits per heavy atom. The molecule has 0 aliphatic heterocycles. The molecular formula is C14H25N. The summed E-state index contributed by atoms with van der Waals surface area (Å²) in [4.78, 5) is 4.15. The zero-order valence-corrected chi connectivity index (χ0v) is 11.1. The van der Waals surface area contributed by atoms with Gasteiger partial charge in [-0.3, -0.25) is 4.98 Å². The van der Waals surface area contributed by atoms with E-state index in [9.17, 15) is 0 Å². The van der Waals surface area contributed by atoms with Gasteiger partial charge in [0, 0.05) is 12.4 Å². The first-order chi connectivity index (χ1) is 7.20. The molecule has 1 heterocycles. The van der Waals surface area contributed by atoms with Crippen LogP contribution in [-0.4, -0.2) is 4.98 Å². The normalized spacial score (nSPS) is 15.3. The summed E-state index contributed by atoms with van der Waals surface area (Å²) in [6, 6.07) is 2.14. The van der Waals surface area contributed by atoms with Crippen molar-refractivity contribution in [3.8, 4) is 0 Å². The van der Waals surface area contributed by atoms with Crippen LogP contribution in [0.15, 0.2) is 18.5 Å². The summed E-state index contributed by atoms with van der Waals surface area (Å²) in [7, 11) is 0. The Kier molecular flexibility index (Phi) is 6.23. The monoisotopic (exact) mass is 207 g/mol. The van der Waals surface area contributed by atoms with Crippen molar-refractivity contribution in [2.45, 2.75) is 59.8 Å². The van der Waals surface area contributed by atoms with E-state index in [1.54, 1.807) is 0 Å². The third-order valence-corrected chi connectivity index (χ3v) is 2.66. The Hall–Kier alpha value is -0.850. The number of nitrogens with zero attached hydrogens (tertiary/aromatic N) is 1. The lowest BCUT2D eigenvalue weighted by Crippen LogP contribution is -2.11. The summed E-state index contributed by atoms with van der Waals surface area (Å²) in [5, 5.41) is 0. The minimum atomic E-state index is 0.365. The molecule has 0 amide bonds. The van der Waals surface area contributed by atoms with E-state index in [-0.39, 0.29) is 0 Å². The zero-order chi connectivity index (χ0) is 11.9. The number of hydrogen-bond acceptors (Lipinski definition) is 1. The third-order valence-electron chi connectivity index (χ3n) is 2.66. The van der Waals surface area contributed by atoms with Crippen LogP contribution in [0.1, 0.15) is 59.1 Å². The first-order valence-corrected chi connectivity index (χ1v) is 6.13. The molecule has 0 saturated carbocycles. The van der Waals surface area contributed by atoms with Gasteiger partial charge in [-0.05, 0) is 35.4 Å². The number of aromatic nitrogens is 1. The van der Waals surface area contributed by atoms with Gasteiger partial charge in [0.05, 0.1) is 0 Å². The van der Waals surface area contributed by atoms with Crippen molar-refractivity contribution in [1.29, 1.82) is 0 Å². The lowest BCUT2D eigenvalue weighted by atomic mass is 9.88. The van der Waals surface area contributed by atoms with Crippen molar-refractivity contribution in [1.82, 2.24) is 4.98 Å². The molecule has 0 atom stereocenters. The molecular weight excluding hydrogens is 182 g/mol. The van der Waals surface area contributed by atoms with Gasteiger partial charge in [-0.25, -0.2) is 0 Å². The van der Waals surface area contributed by atoms with Gasteiger partial charge in [-0.15, -0.1) is 0 Å². The van der Waals surface area contributed by atoms with Crippen molar-refractivity contribution < 1.29 is 0 Å². The van der Waals surface area contributed by atoms with E-state index >= 15 is 0 Å². The number of aryl methyl sites for hydroxylation is 1. The Morgan fingerprint density at radius 2 is 1.73 bits per heavy atom. The van der Waals surface area contributed by atoms with Gasteiger partial charge in [0.25, 0.3) is 0 Å². The molecule has 86 valence electrons. The molecule has 1 aromatic rings. The number of rotatable bonds is 0. The van der Waals surface area contributed by atoms with Crippen molar-refractivity contribution in [2.75, 3.05) is 0 Å². The molecule has 0 aromatic carbocycles. The lowest BCUT2D eigenvalue weighted by Gasteiger charge is -2.17. The van der Waals surface area contributed by atoms with Crippen molar-refractivity contribution in [3.05, 3.63) is 29.6 Å². The molecule has 0 fully saturated rings. The van der Waals surface area contributed by atoms with Crippen LogP contribution in [0.3, 0.4) is 0 Å². The van der Waals surface area contributed by atoms with Crippen molar-refractivity contribution in [2.24, 2.45) is 0 Å². The molecule has 15 heavy (non-hydrogen) atoms. The minimum Gasteiger partial charge on any atom is -0.264 e. The van der Waals surface area contributed by atoms with Crippen LogP contribution in [-0.2, 0) is 11.8 Å². The molecule has 0 spiro atoms. The average Bonchev–Trinajstić information content (AvgIpc) is 2.62. The van der Waals surface area contributed by atoms with Gasteiger partial charge in [0.1, 0.15) is 0 Å². The molecule has 0 radical (unpaired) electrons. The fourth-order valence-corrected chi connectivity index (χ4v) is 1.83. The van der Waals surface area contributed by atoms with Gasteiger partial charge in [0.2, 0.25) is 0 Å². The Bertz CT molecular complexity index is 276. The summed E-state index contributed by atoms with van der Waals surface area (Å²) in [5.74, 6) is 0. The van der Waals surface area contributed by atoms with E-state index in [0.29, 0.717) is 5.41 Å². The number of fused-ring (bicyclic) bond motifs is 1. The topological polar surface area (TPSA) is 12.9 Å². The summed E-state index contributed by atoms with van der Waals surface area (Å²) < 4.78 is 0. The van der Waals surface area contributed by atoms with E-state index < -0.39 is 0 Å². The maximum absolute atomic E-state index is 4.15. The third kappa shape index (κ3) is 3.33. The first kappa shape index (κ1) is 14.2. The smallest absolute Gasteiger partial charge is 0.0308 e. The first-order valence-electron chi connectivity index (χ1n) is 6.13. The van der Waals surface area contributed by atoms with E-state index in [4.69, 9.17) is 0 Å². The standard InChI is InChI=1S/C10H13N.2C2H6/c1-10(2)5-3-8-4-6-11-7-9(8)10;2*1-2/h4,6-7H,3,5H2,1-2H3;2*1-2H3. The predicted molar refractivity (Wildman–Crippen MR) is 68.3 cm³/mol. The van der Waals surface area contributed by atoms with E-state index in [2.05, 4.69) is 24.9 Å². The average molecular weight is 207 g/mol. The maximum Gasteiger partial charge on any atom is 0.0308 e. The summed E-state index contributed by atoms with van der Waals surface area (Å²) in [5.41, 5.74) is 3.30. The number of pyridine rings is 1. The van der Waals surface area contributed by atoms with Crippen LogP contribution >= 0.6 is 0 Å². The molecule has 0 N–H and O–H groups in total. The molecule has 1 aromatic heterocycles. The maximum atomic E-state index is 4.15. The van der Waals surface area contributed by atoms with Crippen LogP contribution < -0.4 is 0 Å². The molecule has 1 heteroatoms. The summed E-state index contributed by atoms with van der Waals surface area (Å²) >= 11 is 0. The Morgan fingerprint density at radius 3 is 2.27 bits per heavy atom. The van der Waals surface area contributed by atoms with Crippen molar-refractivity contribution >= 4 is 0 Å². The highest BCUT2D eigenvalue weighted by Crippen LogP contribution is 2.37. The highest BCUT2D eigenvalue weighted by molar-refractivity contribution is 5.35. The molecule has 1 nitrogen and oxygen atoms in total. The van der Waals surface area contributed by atoms with Gasteiger partial charge in [-0.2, -0.15) is 0 Å². The molecule has 2 rings (SSSR count). The fraction of sp³-hybridized carbons (Fsp3) is 0.643. The van der Waals surface area contributed by atoms with E-state index in [1.807, 2.05) is 40.1 Å². The largest absolute Gasteiger partial charge is 0.264 e. The Labute approximate surface area is 94.9 Å². The SMILES string of the molecule is CC.CC.CC1(C)CCc2ccncc21. The van der Waals surface area contributed by atoms with Crippen LogP contribution in [0.4, 0.5) is 0 Å².